The minimum Gasteiger partial charge on any atom is -0.256 e. The molecule has 4 aromatic carbocycles. The molecule has 1 heterocycles. The molecule has 27 heavy (non-hydrogen) atoms. The van der Waals surface area contributed by atoms with Gasteiger partial charge in [0.15, 0.2) is 0 Å². The highest BCUT2D eigenvalue weighted by molar-refractivity contribution is 7.80. The molecule has 0 aliphatic carbocycles. The van der Waals surface area contributed by atoms with E-state index < -0.39 is 7.92 Å². The van der Waals surface area contributed by atoms with Gasteiger partial charge in [-0.25, -0.2) is 0 Å². The molecule has 1 aromatic heterocycles. The lowest BCUT2D eigenvalue weighted by Crippen LogP contribution is -2.21. The maximum Gasteiger partial charge on any atom is 0.0715 e. The summed E-state index contributed by atoms with van der Waals surface area (Å²) in [6.07, 6.45) is 1.98. The van der Waals surface area contributed by atoms with Crippen molar-refractivity contribution < 1.29 is 0 Å². The van der Waals surface area contributed by atoms with Crippen LogP contribution in [0.1, 0.15) is 0 Å². The van der Waals surface area contributed by atoms with Crippen LogP contribution in [0.4, 0.5) is 0 Å². The largest absolute Gasteiger partial charge is 0.256 e. The summed E-state index contributed by atoms with van der Waals surface area (Å²) in [5.74, 6) is 0. The molecule has 2 heteroatoms. The number of benzene rings is 4. The van der Waals surface area contributed by atoms with Gasteiger partial charge in [0.05, 0.1) is 5.52 Å². The Morgan fingerprint density at radius 3 is 1.89 bits per heavy atom. The second kappa shape index (κ2) is 6.95. The van der Waals surface area contributed by atoms with Crippen LogP contribution in [-0.4, -0.2) is 4.98 Å². The number of fused-ring (bicyclic) bond motifs is 3. The van der Waals surface area contributed by atoms with Gasteiger partial charge in [0.2, 0.25) is 0 Å². The summed E-state index contributed by atoms with van der Waals surface area (Å²) in [7, 11) is -0.659. The molecule has 0 fully saturated rings. The van der Waals surface area contributed by atoms with Crippen LogP contribution in [0.2, 0.25) is 0 Å². The Labute approximate surface area is 160 Å². The normalized spacial score (nSPS) is 11.3. The van der Waals surface area contributed by atoms with E-state index in [0.717, 1.165) is 5.52 Å². The molecule has 0 unspecified atom stereocenters. The highest BCUT2D eigenvalue weighted by atomic mass is 31.1. The molecule has 0 aliphatic rings. The second-order valence-electron chi connectivity index (χ2n) is 6.52. The average Bonchev–Trinajstić information content (AvgIpc) is 2.75. The predicted octanol–water partition coefficient (Wildman–Crippen LogP) is 5.15. The van der Waals surface area contributed by atoms with E-state index in [1.165, 1.54) is 32.1 Å². The lowest BCUT2D eigenvalue weighted by Gasteiger charge is -2.21. The van der Waals surface area contributed by atoms with Gasteiger partial charge >= 0.3 is 0 Å². The van der Waals surface area contributed by atoms with Crippen LogP contribution in [0.25, 0.3) is 21.7 Å². The first-order chi connectivity index (χ1) is 13.4. The highest BCUT2D eigenvalue weighted by Crippen LogP contribution is 2.37. The van der Waals surface area contributed by atoms with Crippen molar-refractivity contribution in [3.8, 4) is 0 Å². The van der Waals surface area contributed by atoms with Gasteiger partial charge in [-0.2, -0.15) is 0 Å². The maximum atomic E-state index is 4.75. The van der Waals surface area contributed by atoms with Crippen molar-refractivity contribution in [2.24, 2.45) is 0 Å². The first-order valence-electron chi connectivity index (χ1n) is 9.08. The van der Waals surface area contributed by atoms with Crippen molar-refractivity contribution in [3.05, 3.63) is 109 Å². The van der Waals surface area contributed by atoms with Gasteiger partial charge in [0.1, 0.15) is 0 Å². The molecule has 0 saturated heterocycles. The first kappa shape index (κ1) is 16.2. The molecule has 5 aromatic rings. The van der Waals surface area contributed by atoms with Crippen LogP contribution >= 0.6 is 7.92 Å². The Bertz CT molecular complexity index is 1180. The van der Waals surface area contributed by atoms with Crippen molar-refractivity contribution in [2.75, 3.05) is 0 Å². The molecule has 0 saturated carbocycles. The molecule has 128 valence electrons. The Balaban J connectivity index is 1.87. The Morgan fingerprint density at radius 1 is 0.556 bits per heavy atom. The van der Waals surface area contributed by atoms with E-state index in [1.54, 1.807) is 0 Å². The van der Waals surface area contributed by atoms with Gasteiger partial charge in [-0.05, 0) is 35.3 Å². The fourth-order valence-corrected chi connectivity index (χ4v) is 6.14. The number of hydrogen-bond acceptors (Lipinski definition) is 1. The van der Waals surface area contributed by atoms with Crippen molar-refractivity contribution in [1.82, 2.24) is 4.98 Å². The fraction of sp³-hybridized carbons (Fsp3) is 0. The van der Waals surface area contributed by atoms with Crippen molar-refractivity contribution in [2.45, 2.75) is 0 Å². The molecule has 0 spiro atoms. The molecule has 0 bridgehead atoms. The van der Waals surface area contributed by atoms with Crippen molar-refractivity contribution >= 4 is 45.5 Å². The van der Waals surface area contributed by atoms with Crippen LogP contribution < -0.4 is 15.9 Å². The number of nitrogens with zero attached hydrogens (tertiary/aromatic N) is 1. The second-order valence-corrected chi connectivity index (χ2v) is 8.71. The van der Waals surface area contributed by atoms with Gasteiger partial charge in [-0.1, -0.05) is 97.1 Å². The molecule has 1 nitrogen and oxygen atoms in total. The highest BCUT2D eigenvalue weighted by Gasteiger charge is 2.19. The molecule has 0 radical (unpaired) electrons. The fourth-order valence-electron chi connectivity index (χ4n) is 3.66. The minimum atomic E-state index is -0.659. The molecule has 0 amide bonds. The quantitative estimate of drug-likeness (QED) is 0.319. The van der Waals surface area contributed by atoms with Crippen LogP contribution in [0.5, 0.6) is 0 Å². The lowest BCUT2D eigenvalue weighted by molar-refractivity contribution is 1.45. The van der Waals surface area contributed by atoms with Crippen LogP contribution in [-0.2, 0) is 0 Å². The lowest BCUT2D eigenvalue weighted by atomic mass is 10.1. The zero-order valence-electron chi connectivity index (χ0n) is 14.8. The van der Waals surface area contributed by atoms with E-state index >= 15 is 0 Å². The van der Waals surface area contributed by atoms with Gasteiger partial charge in [0, 0.05) is 17.0 Å². The number of hydrogen-bond donors (Lipinski definition) is 0. The summed E-state index contributed by atoms with van der Waals surface area (Å²) in [4.78, 5) is 4.75. The number of aromatic nitrogens is 1. The molecule has 0 atom stereocenters. The third kappa shape index (κ3) is 2.91. The molecule has 5 rings (SSSR count). The summed E-state index contributed by atoms with van der Waals surface area (Å²) < 4.78 is 0. The van der Waals surface area contributed by atoms with Gasteiger partial charge in [0.25, 0.3) is 0 Å². The standard InChI is InChI=1S/C25H18NP/c1-3-11-20(12-4-1)27(21-13-5-2-6-14-21)24-17-9-16-23-25(24)22-15-8-7-10-19(22)18-26-23/h1-18H. The van der Waals surface area contributed by atoms with E-state index in [1.807, 2.05) is 6.20 Å². The topological polar surface area (TPSA) is 12.9 Å². The van der Waals surface area contributed by atoms with Gasteiger partial charge < -0.3 is 0 Å². The number of pyridine rings is 1. The number of rotatable bonds is 3. The van der Waals surface area contributed by atoms with Gasteiger partial charge in [-0.3, -0.25) is 4.98 Å². The third-order valence-electron chi connectivity index (χ3n) is 4.86. The van der Waals surface area contributed by atoms with Crippen LogP contribution in [0.15, 0.2) is 109 Å². The SMILES string of the molecule is c1ccc(P(c2ccccc2)c2cccc3ncc4ccccc4c23)cc1. The smallest absolute Gasteiger partial charge is 0.0715 e. The van der Waals surface area contributed by atoms with Crippen molar-refractivity contribution in [3.63, 3.8) is 0 Å². The predicted molar refractivity (Wildman–Crippen MR) is 118 cm³/mol. The summed E-state index contributed by atoms with van der Waals surface area (Å²) in [6.45, 7) is 0. The van der Waals surface area contributed by atoms with E-state index in [4.69, 9.17) is 4.98 Å². The van der Waals surface area contributed by atoms with E-state index in [9.17, 15) is 0 Å². The summed E-state index contributed by atoms with van der Waals surface area (Å²) in [5.41, 5.74) is 1.06. The summed E-state index contributed by atoms with van der Waals surface area (Å²) in [5, 5.41) is 7.82. The zero-order chi connectivity index (χ0) is 18.1. The minimum absolute atomic E-state index is 0.659. The zero-order valence-corrected chi connectivity index (χ0v) is 15.7. The van der Waals surface area contributed by atoms with Crippen LogP contribution in [0, 0.1) is 0 Å². The van der Waals surface area contributed by atoms with E-state index in [0.29, 0.717) is 0 Å². The van der Waals surface area contributed by atoms with Crippen molar-refractivity contribution in [1.29, 1.82) is 0 Å². The summed E-state index contributed by atoms with van der Waals surface area (Å²) >= 11 is 0. The molecular formula is C25H18NP. The summed E-state index contributed by atoms with van der Waals surface area (Å²) in [6, 6.07) is 36.8. The third-order valence-corrected chi connectivity index (χ3v) is 7.35. The first-order valence-corrected chi connectivity index (χ1v) is 10.4. The average molecular weight is 363 g/mol. The van der Waals surface area contributed by atoms with E-state index in [-0.39, 0.29) is 0 Å². The van der Waals surface area contributed by atoms with Crippen LogP contribution in [0.3, 0.4) is 0 Å². The molecular weight excluding hydrogens is 345 g/mol. The Morgan fingerprint density at radius 2 is 1.19 bits per heavy atom. The Kier molecular flexibility index (Phi) is 4.16. The monoisotopic (exact) mass is 363 g/mol. The van der Waals surface area contributed by atoms with Gasteiger partial charge in [-0.15, -0.1) is 0 Å². The molecule has 0 N–H and O–H groups in total. The maximum absolute atomic E-state index is 4.75. The Hall–Kier alpha value is -3.02. The molecule has 0 aliphatic heterocycles. The van der Waals surface area contributed by atoms with E-state index in [2.05, 4.69) is 103 Å².